The van der Waals surface area contributed by atoms with Gasteiger partial charge in [-0.25, -0.2) is 0 Å². The number of alkyl halides is 1. The molecule has 3 heteroatoms. The van der Waals surface area contributed by atoms with Gasteiger partial charge in [0.15, 0.2) is 0 Å². The van der Waals surface area contributed by atoms with E-state index in [-0.39, 0.29) is 6.42 Å². The minimum absolute atomic E-state index is 0.0334. The number of carbonyl (C=O) groups is 1. The molecule has 2 aromatic carbocycles. The number of benzene rings is 2. The normalized spacial score (nSPS) is 10.4. The molecule has 98 valence electrons. The number of aryl methyl sites for hydroxylation is 1. The van der Waals surface area contributed by atoms with Crippen molar-refractivity contribution < 1.29 is 14.3 Å². The van der Waals surface area contributed by atoms with Gasteiger partial charge in [-0.3, -0.25) is 9.18 Å². The lowest BCUT2D eigenvalue weighted by Gasteiger charge is -2.10. The Labute approximate surface area is 111 Å². The van der Waals surface area contributed by atoms with E-state index >= 15 is 0 Å². The third kappa shape index (κ3) is 3.41. The Kier molecular flexibility index (Phi) is 4.29. The number of carboxylic acid groups (broad SMARTS) is 1. The third-order valence-electron chi connectivity index (χ3n) is 2.97. The summed E-state index contributed by atoms with van der Waals surface area (Å²) in [5, 5.41) is 8.80. The summed E-state index contributed by atoms with van der Waals surface area (Å²) in [6.45, 7) is -0.448. The molecule has 0 saturated carbocycles. The van der Waals surface area contributed by atoms with Crippen LogP contribution in [0.2, 0.25) is 0 Å². The molecule has 0 unspecified atom stereocenters. The average Bonchev–Trinajstić information content (AvgIpc) is 2.40. The zero-order valence-corrected chi connectivity index (χ0v) is 10.5. The Bertz CT molecular complexity index is 564. The minimum Gasteiger partial charge on any atom is -0.481 e. The van der Waals surface area contributed by atoms with Crippen LogP contribution in [0.3, 0.4) is 0 Å². The van der Waals surface area contributed by atoms with Crippen molar-refractivity contribution >= 4 is 5.97 Å². The lowest BCUT2D eigenvalue weighted by molar-refractivity contribution is -0.136. The van der Waals surface area contributed by atoms with Crippen molar-refractivity contribution in [2.75, 3.05) is 6.67 Å². The van der Waals surface area contributed by atoms with Crippen LogP contribution in [0, 0.1) is 0 Å². The van der Waals surface area contributed by atoms with Gasteiger partial charge in [0.05, 0.1) is 13.1 Å². The highest BCUT2D eigenvalue weighted by Crippen LogP contribution is 2.25. The van der Waals surface area contributed by atoms with Crippen LogP contribution in [-0.2, 0) is 17.6 Å². The van der Waals surface area contributed by atoms with Gasteiger partial charge in [-0.05, 0) is 22.3 Å². The SMILES string of the molecule is O=C(O)Cc1ccc(-c2ccccc2)c(CCF)c1. The minimum atomic E-state index is -0.876. The highest BCUT2D eigenvalue weighted by molar-refractivity contribution is 5.72. The Hall–Kier alpha value is -2.16. The molecule has 0 atom stereocenters. The van der Waals surface area contributed by atoms with E-state index in [1.54, 1.807) is 12.1 Å². The van der Waals surface area contributed by atoms with Crippen molar-refractivity contribution in [3.63, 3.8) is 0 Å². The maximum atomic E-state index is 12.7. The number of carboxylic acids is 1. The molecule has 19 heavy (non-hydrogen) atoms. The first kappa shape index (κ1) is 13.3. The van der Waals surface area contributed by atoms with Gasteiger partial charge >= 0.3 is 5.97 Å². The Morgan fingerprint density at radius 2 is 1.84 bits per heavy atom. The van der Waals surface area contributed by atoms with Crippen LogP contribution in [0.5, 0.6) is 0 Å². The van der Waals surface area contributed by atoms with E-state index in [2.05, 4.69) is 0 Å². The molecule has 0 saturated heterocycles. The van der Waals surface area contributed by atoms with E-state index in [9.17, 15) is 9.18 Å². The maximum Gasteiger partial charge on any atom is 0.307 e. The first-order valence-corrected chi connectivity index (χ1v) is 6.15. The Balaban J connectivity index is 2.41. The monoisotopic (exact) mass is 258 g/mol. The van der Waals surface area contributed by atoms with Gasteiger partial charge in [-0.15, -0.1) is 0 Å². The van der Waals surface area contributed by atoms with Crippen molar-refractivity contribution in [2.24, 2.45) is 0 Å². The highest BCUT2D eigenvalue weighted by Gasteiger charge is 2.08. The molecular formula is C16H15FO2. The molecule has 0 aliphatic rings. The summed E-state index contributed by atoms with van der Waals surface area (Å²) in [5.74, 6) is -0.876. The van der Waals surface area contributed by atoms with Gasteiger partial charge in [-0.2, -0.15) is 0 Å². The average molecular weight is 258 g/mol. The topological polar surface area (TPSA) is 37.3 Å². The molecule has 2 rings (SSSR count). The van der Waals surface area contributed by atoms with Crippen LogP contribution in [0.15, 0.2) is 48.5 Å². The van der Waals surface area contributed by atoms with Crippen LogP contribution in [0.1, 0.15) is 11.1 Å². The molecule has 0 radical (unpaired) electrons. The van der Waals surface area contributed by atoms with E-state index in [1.165, 1.54) is 0 Å². The molecule has 0 spiro atoms. The van der Waals surface area contributed by atoms with Gasteiger partial charge in [-0.1, -0.05) is 48.5 Å². The third-order valence-corrected chi connectivity index (χ3v) is 2.97. The second-order valence-electron chi connectivity index (χ2n) is 4.37. The molecule has 0 bridgehead atoms. The molecule has 0 heterocycles. The van der Waals surface area contributed by atoms with Crippen LogP contribution in [-0.4, -0.2) is 17.8 Å². The summed E-state index contributed by atoms with van der Waals surface area (Å²) < 4.78 is 12.7. The maximum absolute atomic E-state index is 12.7. The second kappa shape index (κ2) is 6.14. The van der Waals surface area contributed by atoms with Gasteiger partial charge in [0.25, 0.3) is 0 Å². The molecule has 0 aromatic heterocycles. The van der Waals surface area contributed by atoms with E-state index < -0.39 is 12.6 Å². The summed E-state index contributed by atoms with van der Waals surface area (Å²) in [7, 11) is 0. The van der Waals surface area contributed by atoms with Gasteiger partial charge < -0.3 is 5.11 Å². The fraction of sp³-hybridized carbons (Fsp3) is 0.188. The molecule has 0 aliphatic heterocycles. The van der Waals surface area contributed by atoms with E-state index in [1.807, 2.05) is 36.4 Å². The number of aliphatic carboxylic acids is 1. The lowest BCUT2D eigenvalue weighted by Crippen LogP contribution is -2.02. The Morgan fingerprint density at radius 1 is 1.11 bits per heavy atom. The van der Waals surface area contributed by atoms with Crippen molar-refractivity contribution in [3.8, 4) is 11.1 Å². The predicted octanol–water partition coefficient (Wildman–Crippen LogP) is 3.49. The quantitative estimate of drug-likeness (QED) is 0.891. The second-order valence-corrected chi connectivity index (χ2v) is 4.37. The van der Waals surface area contributed by atoms with Crippen LogP contribution >= 0.6 is 0 Å². The molecular weight excluding hydrogens is 243 g/mol. The summed E-state index contributed by atoms with van der Waals surface area (Å²) in [5.41, 5.74) is 3.54. The fourth-order valence-electron chi connectivity index (χ4n) is 2.14. The summed E-state index contributed by atoms with van der Waals surface area (Å²) >= 11 is 0. The smallest absolute Gasteiger partial charge is 0.307 e. The fourth-order valence-corrected chi connectivity index (χ4v) is 2.14. The summed E-state index contributed by atoms with van der Waals surface area (Å²) in [4.78, 5) is 10.7. The molecule has 0 fully saturated rings. The summed E-state index contributed by atoms with van der Waals surface area (Å²) in [6, 6.07) is 15.2. The zero-order chi connectivity index (χ0) is 13.7. The Morgan fingerprint density at radius 3 is 2.47 bits per heavy atom. The lowest BCUT2D eigenvalue weighted by atomic mass is 9.95. The molecule has 0 amide bonds. The van der Waals surface area contributed by atoms with Crippen molar-refractivity contribution in [3.05, 3.63) is 59.7 Å². The van der Waals surface area contributed by atoms with Crippen LogP contribution in [0.25, 0.3) is 11.1 Å². The number of hydrogen-bond donors (Lipinski definition) is 1. The van der Waals surface area contributed by atoms with Gasteiger partial charge in [0.1, 0.15) is 0 Å². The number of rotatable bonds is 5. The number of hydrogen-bond acceptors (Lipinski definition) is 1. The van der Waals surface area contributed by atoms with Crippen molar-refractivity contribution in [2.45, 2.75) is 12.8 Å². The molecule has 0 aliphatic carbocycles. The summed E-state index contributed by atoms with van der Waals surface area (Å²) in [6.07, 6.45) is 0.270. The van der Waals surface area contributed by atoms with E-state index in [0.29, 0.717) is 12.0 Å². The predicted molar refractivity (Wildman–Crippen MR) is 72.9 cm³/mol. The van der Waals surface area contributed by atoms with E-state index in [0.717, 1.165) is 16.7 Å². The standard InChI is InChI=1S/C16H15FO2/c17-9-8-14-10-12(11-16(18)19)6-7-15(14)13-4-2-1-3-5-13/h1-7,10H,8-9,11H2,(H,18,19). The van der Waals surface area contributed by atoms with Crippen LogP contribution in [0.4, 0.5) is 4.39 Å². The highest BCUT2D eigenvalue weighted by atomic mass is 19.1. The number of halogens is 1. The molecule has 1 N–H and O–H groups in total. The van der Waals surface area contributed by atoms with Gasteiger partial charge in [0, 0.05) is 6.42 Å². The van der Waals surface area contributed by atoms with Crippen LogP contribution < -0.4 is 0 Å². The molecule has 2 nitrogen and oxygen atoms in total. The largest absolute Gasteiger partial charge is 0.481 e. The van der Waals surface area contributed by atoms with E-state index in [4.69, 9.17) is 5.11 Å². The first-order valence-electron chi connectivity index (χ1n) is 6.15. The van der Waals surface area contributed by atoms with Gasteiger partial charge in [0.2, 0.25) is 0 Å². The zero-order valence-electron chi connectivity index (χ0n) is 10.5. The van der Waals surface area contributed by atoms with Crippen molar-refractivity contribution in [1.82, 2.24) is 0 Å². The van der Waals surface area contributed by atoms with Crippen molar-refractivity contribution in [1.29, 1.82) is 0 Å². The first-order chi connectivity index (χ1) is 9.20. The molecule has 2 aromatic rings.